The maximum atomic E-state index is 12.6. The van der Waals surface area contributed by atoms with Crippen LogP contribution in [0.15, 0.2) is 30.3 Å². The average molecular weight is 559 g/mol. The fourth-order valence-corrected chi connectivity index (χ4v) is 3.72. The first-order valence-corrected chi connectivity index (χ1v) is 11.5. The van der Waals surface area contributed by atoms with E-state index in [1.54, 1.807) is 40.1 Å². The lowest BCUT2D eigenvalue weighted by Crippen LogP contribution is -2.62. The minimum atomic E-state index is -5.08. The number of amides is 4. The molecule has 2 fully saturated rings. The van der Waals surface area contributed by atoms with Crippen LogP contribution in [0.2, 0.25) is 0 Å². The summed E-state index contributed by atoms with van der Waals surface area (Å²) in [7, 11) is 0. The van der Waals surface area contributed by atoms with Crippen molar-refractivity contribution >= 4 is 35.6 Å². The number of nitrogens with one attached hydrogen (secondary N) is 1. The average Bonchev–Trinajstić information content (AvgIpc) is 2.86. The Balaban J connectivity index is 0.000000673. The highest BCUT2D eigenvalue weighted by Crippen LogP contribution is 2.17. The van der Waals surface area contributed by atoms with Crippen molar-refractivity contribution < 1.29 is 51.8 Å². The molecular formula is C23H28F3N5O8. The minimum absolute atomic E-state index is 0.0620. The molecule has 3 atom stereocenters. The van der Waals surface area contributed by atoms with E-state index in [2.05, 4.69) is 5.32 Å². The lowest BCUT2D eigenvalue weighted by molar-refractivity contribution is -0.192. The highest BCUT2D eigenvalue weighted by molar-refractivity contribution is 6.00. The van der Waals surface area contributed by atoms with Crippen LogP contribution in [-0.2, 0) is 33.5 Å². The summed E-state index contributed by atoms with van der Waals surface area (Å²) in [5.74, 6) is -5.27. The number of esters is 1. The first-order valence-electron chi connectivity index (χ1n) is 11.5. The highest BCUT2D eigenvalue weighted by Gasteiger charge is 2.39. The highest BCUT2D eigenvalue weighted by atomic mass is 19.4. The Morgan fingerprint density at radius 1 is 0.949 bits per heavy atom. The number of carboxylic acids is 1. The Kier molecular flexibility index (Phi) is 10.6. The van der Waals surface area contributed by atoms with Gasteiger partial charge in [0.25, 0.3) is 0 Å². The number of nitrogens with zero attached hydrogens (tertiary/aromatic N) is 3. The standard InChI is InChI=1S/C21H27N5O6.C2HF3O2/c1-13(24-8-16(27)23-17(28)9-24)14(2)25-10-18(29)26(19(30)11-25)12-32-21(31)20(22)15-6-4-3-5-7-15;3-2(4,5)1(6)7/h3-7,13-14,20H,8-12,22H2,1-2H3,(H,23,27,28);(H,6,7). The summed E-state index contributed by atoms with van der Waals surface area (Å²) in [6, 6.07) is 7.08. The second-order valence-electron chi connectivity index (χ2n) is 8.76. The SMILES string of the molecule is CC(C(C)N1CC(=O)N(COC(=O)C(N)c2ccccc2)C(=O)C1)N1CC(=O)NC(=O)C1.O=C(O)C(F)(F)F. The number of nitrogens with two attached hydrogens (primary N) is 1. The van der Waals surface area contributed by atoms with E-state index in [1.165, 1.54) is 0 Å². The normalized spacial score (nSPS) is 19.4. The number of carbonyl (C=O) groups excluding carboxylic acids is 5. The van der Waals surface area contributed by atoms with Crippen LogP contribution in [0.5, 0.6) is 0 Å². The van der Waals surface area contributed by atoms with Gasteiger partial charge < -0.3 is 15.6 Å². The van der Waals surface area contributed by atoms with Crippen LogP contribution in [-0.4, -0.2) is 107 Å². The summed E-state index contributed by atoms with van der Waals surface area (Å²) in [5, 5.41) is 9.37. The van der Waals surface area contributed by atoms with E-state index in [0.717, 1.165) is 4.90 Å². The predicted octanol–water partition coefficient (Wildman–Crippen LogP) is -0.773. The van der Waals surface area contributed by atoms with Gasteiger partial charge in [0, 0.05) is 12.1 Å². The molecule has 4 N–H and O–H groups in total. The van der Waals surface area contributed by atoms with E-state index in [4.69, 9.17) is 20.4 Å². The monoisotopic (exact) mass is 559 g/mol. The summed E-state index contributed by atoms with van der Waals surface area (Å²) >= 11 is 0. The number of piperazine rings is 2. The largest absolute Gasteiger partial charge is 0.490 e. The van der Waals surface area contributed by atoms with Crippen molar-refractivity contribution in [1.82, 2.24) is 20.0 Å². The molecule has 214 valence electrons. The Morgan fingerprint density at radius 3 is 1.82 bits per heavy atom. The number of alkyl halides is 3. The number of carboxylic acid groups (broad SMARTS) is 1. The van der Waals surface area contributed by atoms with Crippen molar-refractivity contribution in [2.24, 2.45) is 5.73 Å². The van der Waals surface area contributed by atoms with Crippen LogP contribution in [0.3, 0.4) is 0 Å². The van der Waals surface area contributed by atoms with Gasteiger partial charge in [0.2, 0.25) is 23.6 Å². The molecule has 13 nitrogen and oxygen atoms in total. The van der Waals surface area contributed by atoms with E-state index >= 15 is 0 Å². The van der Waals surface area contributed by atoms with Crippen LogP contribution >= 0.6 is 0 Å². The van der Waals surface area contributed by atoms with Crippen LogP contribution in [0, 0.1) is 0 Å². The molecule has 1 aromatic rings. The molecule has 1 aromatic carbocycles. The van der Waals surface area contributed by atoms with Gasteiger partial charge in [-0.3, -0.25) is 34.3 Å². The van der Waals surface area contributed by atoms with Gasteiger partial charge in [0.05, 0.1) is 26.2 Å². The van der Waals surface area contributed by atoms with E-state index < -0.39 is 42.7 Å². The second-order valence-corrected chi connectivity index (χ2v) is 8.76. The zero-order valence-corrected chi connectivity index (χ0v) is 21.0. The topological polar surface area (TPSA) is 180 Å². The number of hydrogen-bond donors (Lipinski definition) is 3. The molecule has 3 rings (SSSR count). The smallest absolute Gasteiger partial charge is 0.475 e. The number of hydrogen-bond acceptors (Lipinski definition) is 10. The molecule has 16 heteroatoms. The number of rotatable bonds is 7. The molecule has 0 spiro atoms. The van der Waals surface area contributed by atoms with E-state index in [9.17, 15) is 37.1 Å². The molecule has 0 aromatic heterocycles. The van der Waals surface area contributed by atoms with Gasteiger partial charge in [-0.25, -0.2) is 14.5 Å². The molecule has 2 heterocycles. The quantitative estimate of drug-likeness (QED) is 0.282. The third kappa shape index (κ3) is 8.83. The Morgan fingerprint density at radius 2 is 1.38 bits per heavy atom. The van der Waals surface area contributed by atoms with E-state index in [-0.39, 0.29) is 50.1 Å². The molecule has 0 radical (unpaired) electrons. The summed E-state index contributed by atoms with van der Waals surface area (Å²) < 4.78 is 36.8. The number of halogens is 3. The number of aliphatic carboxylic acids is 1. The van der Waals surface area contributed by atoms with Crippen molar-refractivity contribution in [2.45, 2.75) is 38.1 Å². The molecule has 2 saturated heterocycles. The summed E-state index contributed by atoms with van der Waals surface area (Å²) in [6.45, 7) is 3.17. The third-order valence-electron chi connectivity index (χ3n) is 6.09. The molecule has 0 bridgehead atoms. The van der Waals surface area contributed by atoms with Crippen LogP contribution < -0.4 is 11.1 Å². The van der Waals surface area contributed by atoms with Gasteiger partial charge in [-0.05, 0) is 19.4 Å². The van der Waals surface area contributed by atoms with Crippen LogP contribution in [0.25, 0.3) is 0 Å². The molecule has 39 heavy (non-hydrogen) atoms. The second kappa shape index (κ2) is 13.3. The van der Waals surface area contributed by atoms with Gasteiger partial charge in [-0.2, -0.15) is 13.2 Å². The van der Waals surface area contributed by atoms with Crippen LogP contribution in [0.4, 0.5) is 13.2 Å². The van der Waals surface area contributed by atoms with Crippen molar-refractivity contribution in [3.05, 3.63) is 35.9 Å². The summed E-state index contributed by atoms with van der Waals surface area (Å²) in [6.07, 6.45) is -5.08. The molecule has 0 saturated carbocycles. The van der Waals surface area contributed by atoms with Gasteiger partial charge in [0.15, 0.2) is 6.73 Å². The lowest BCUT2D eigenvalue weighted by atomic mass is 10.1. The van der Waals surface area contributed by atoms with E-state index in [0.29, 0.717) is 5.56 Å². The molecule has 2 aliphatic rings. The molecule has 3 unspecified atom stereocenters. The van der Waals surface area contributed by atoms with E-state index in [1.807, 2.05) is 13.8 Å². The Bertz CT molecular complexity index is 1070. The predicted molar refractivity (Wildman–Crippen MR) is 125 cm³/mol. The van der Waals surface area contributed by atoms with Crippen molar-refractivity contribution in [3.8, 4) is 0 Å². The minimum Gasteiger partial charge on any atom is -0.475 e. The van der Waals surface area contributed by atoms with Crippen LogP contribution in [0.1, 0.15) is 25.5 Å². The number of imide groups is 2. The van der Waals surface area contributed by atoms with Gasteiger partial charge in [-0.15, -0.1) is 0 Å². The van der Waals surface area contributed by atoms with Crippen molar-refractivity contribution in [3.63, 3.8) is 0 Å². The molecule has 0 aliphatic carbocycles. The summed E-state index contributed by atoms with van der Waals surface area (Å²) in [4.78, 5) is 73.9. The zero-order valence-electron chi connectivity index (χ0n) is 21.0. The number of carbonyl (C=O) groups is 6. The first kappa shape index (κ1) is 31.3. The number of ether oxygens (including phenoxy) is 1. The van der Waals surface area contributed by atoms with Crippen molar-refractivity contribution in [1.29, 1.82) is 0 Å². The fourth-order valence-electron chi connectivity index (χ4n) is 3.72. The van der Waals surface area contributed by atoms with Gasteiger partial charge in [-0.1, -0.05) is 30.3 Å². The first-order chi connectivity index (χ1) is 18.1. The van der Waals surface area contributed by atoms with Gasteiger partial charge >= 0.3 is 18.1 Å². The molecule has 2 aliphatic heterocycles. The third-order valence-corrected chi connectivity index (χ3v) is 6.09. The Labute approximate surface area is 220 Å². The molecule has 4 amide bonds. The summed E-state index contributed by atoms with van der Waals surface area (Å²) in [5.41, 5.74) is 6.44. The fraction of sp³-hybridized carbons (Fsp3) is 0.478. The Hall–Kier alpha value is -3.89. The number of benzene rings is 1. The lowest BCUT2D eigenvalue weighted by Gasteiger charge is -2.41. The molecular weight excluding hydrogens is 531 g/mol. The maximum absolute atomic E-state index is 12.6. The maximum Gasteiger partial charge on any atom is 0.490 e. The van der Waals surface area contributed by atoms with Gasteiger partial charge in [0.1, 0.15) is 6.04 Å². The van der Waals surface area contributed by atoms with Crippen molar-refractivity contribution in [2.75, 3.05) is 32.9 Å². The zero-order chi connectivity index (χ0) is 29.5.